The molecule has 1 aromatic rings. The quantitative estimate of drug-likeness (QED) is 0.873. The molecule has 0 saturated heterocycles. The van der Waals surface area contributed by atoms with Crippen molar-refractivity contribution in [1.82, 2.24) is 5.32 Å². The SMILES string of the molecule is CNC1CCC(C)CC1Cc1c(F)cccc1Cl. The van der Waals surface area contributed by atoms with Crippen LogP contribution in [0.1, 0.15) is 31.7 Å². The van der Waals surface area contributed by atoms with E-state index < -0.39 is 0 Å². The van der Waals surface area contributed by atoms with Crippen LogP contribution in [0.4, 0.5) is 4.39 Å². The summed E-state index contributed by atoms with van der Waals surface area (Å²) >= 11 is 6.12. The molecule has 100 valence electrons. The van der Waals surface area contributed by atoms with Crippen molar-refractivity contribution < 1.29 is 4.39 Å². The fourth-order valence-electron chi connectivity index (χ4n) is 3.09. The van der Waals surface area contributed by atoms with Gasteiger partial charge in [0, 0.05) is 16.6 Å². The average Bonchev–Trinajstić information content (AvgIpc) is 2.34. The maximum atomic E-state index is 13.8. The van der Waals surface area contributed by atoms with E-state index in [9.17, 15) is 4.39 Å². The van der Waals surface area contributed by atoms with Gasteiger partial charge >= 0.3 is 0 Å². The topological polar surface area (TPSA) is 12.0 Å². The zero-order valence-corrected chi connectivity index (χ0v) is 11.8. The molecule has 0 aliphatic heterocycles. The second-order valence-electron chi connectivity index (χ2n) is 5.48. The predicted molar refractivity (Wildman–Crippen MR) is 74.5 cm³/mol. The van der Waals surface area contributed by atoms with Crippen LogP contribution in [0.15, 0.2) is 18.2 Å². The highest BCUT2D eigenvalue weighted by molar-refractivity contribution is 6.31. The molecule has 0 aromatic heterocycles. The van der Waals surface area contributed by atoms with Crippen molar-refractivity contribution in [2.75, 3.05) is 7.05 Å². The largest absolute Gasteiger partial charge is 0.317 e. The van der Waals surface area contributed by atoms with E-state index in [4.69, 9.17) is 11.6 Å². The zero-order valence-electron chi connectivity index (χ0n) is 11.0. The van der Waals surface area contributed by atoms with E-state index in [0.29, 0.717) is 22.5 Å². The summed E-state index contributed by atoms with van der Waals surface area (Å²) in [5.74, 6) is 1.04. The molecule has 0 amide bonds. The Morgan fingerprint density at radius 2 is 2.17 bits per heavy atom. The molecule has 0 bridgehead atoms. The van der Waals surface area contributed by atoms with Crippen LogP contribution in [0.25, 0.3) is 0 Å². The zero-order chi connectivity index (χ0) is 13.1. The first-order valence-corrected chi connectivity index (χ1v) is 7.09. The second-order valence-corrected chi connectivity index (χ2v) is 5.89. The van der Waals surface area contributed by atoms with Crippen molar-refractivity contribution in [1.29, 1.82) is 0 Å². The highest BCUT2D eigenvalue weighted by atomic mass is 35.5. The summed E-state index contributed by atoms with van der Waals surface area (Å²) in [6.07, 6.45) is 4.32. The van der Waals surface area contributed by atoms with Crippen molar-refractivity contribution in [2.24, 2.45) is 11.8 Å². The molecule has 1 fully saturated rings. The molecule has 2 rings (SSSR count). The van der Waals surface area contributed by atoms with Crippen LogP contribution in [0.2, 0.25) is 5.02 Å². The molecular formula is C15H21ClFN. The molecule has 1 N–H and O–H groups in total. The summed E-state index contributed by atoms with van der Waals surface area (Å²) in [4.78, 5) is 0. The summed E-state index contributed by atoms with van der Waals surface area (Å²) in [5, 5.41) is 3.93. The molecule has 0 heterocycles. The maximum Gasteiger partial charge on any atom is 0.127 e. The van der Waals surface area contributed by atoms with Gasteiger partial charge in [-0.15, -0.1) is 0 Å². The third-order valence-electron chi connectivity index (χ3n) is 4.14. The van der Waals surface area contributed by atoms with Crippen LogP contribution in [0, 0.1) is 17.7 Å². The van der Waals surface area contributed by atoms with E-state index in [1.807, 2.05) is 7.05 Å². The monoisotopic (exact) mass is 269 g/mol. The van der Waals surface area contributed by atoms with Crippen LogP contribution in [-0.2, 0) is 6.42 Å². The molecule has 18 heavy (non-hydrogen) atoms. The molecule has 0 spiro atoms. The van der Waals surface area contributed by atoms with Gasteiger partial charge in [-0.05, 0) is 56.7 Å². The van der Waals surface area contributed by atoms with Crippen molar-refractivity contribution in [3.63, 3.8) is 0 Å². The van der Waals surface area contributed by atoms with E-state index in [1.54, 1.807) is 12.1 Å². The summed E-state index contributed by atoms with van der Waals surface area (Å²) in [7, 11) is 2.00. The molecule has 3 heteroatoms. The fourth-order valence-corrected chi connectivity index (χ4v) is 3.33. The van der Waals surface area contributed by atoms with E-state index in [-0.39, 0.29) is 5.82 Å². The average molecular weight is 270 g/mol. The van der Waals surface area contributed by atoms with Gasteiger partial charge in [-0.1, -0.05) is 24.6 Å². The van der Waals surface area contributed by atoms with Crippen molar-refractivity contribution in [3.8, 4) is 0 Å². The third-order valence-corrected chi connectivity index (χ3v) is 4.50. The summed E-state index contributed by atoms with van der Waals surface area (Å²) in [6.45, 7) is 2.28. The van der Waals surface area contributed by atoms with Crippen LogP contribution in [0.5, 0.6) is 0 Å². The Balaban J connectivity index is 2.15. The first-order valence-electron chi connectivity index (χ1n) is 6.72. The van der Waals surface area contributed by atoms with E-state index in [0.717, 1.165) is 18.8 Å². The molecule has 0 radical (unpaired) electrons. The Morgan fingerprint density at radius 1 is 1.39 bits per heavy atom. The van der Waals surface area contributed by atoms with Gasteiger partial charge in [-0.3, -0.25) is 0 Å². The van der Waals surface area contributed by atoms with Gasteiger partial charge in [0.2, 0.25) is 0 Å². The van der Waals surface area contributed by atoms with Gasteiger partial charge in [-0.2, -0.15) is 0 Å². The van der Waals surface area contributed by atoms with Crippen molar-refractivity contribution >= 4 is 11.6 Å². The van der Waals surface area contributed by atoms with E-state index in [2.05, 4.69) is 12.2 Å². The number of rotatable bonds is 3. The number of hydrogen-bond acceptors (Lipinski definition) is 1. The van der Waals surface area contributed by atoms with Gasteiger partial charge < -0.3 is 5.32 Å². The summed E-state index contributed by atoms with van der Waals surface area (Å²) in [5.41, 5.74) is 0.679. The first kappa shape index (κ1) is 13.8. The van der Waals surface area contributed by atoms with Crippen molar-refractivity contribution in [2.45, 2.75) is 38.6 Å². The van der Waals surface area contributed by atoms with Gasteiger partial charge in [0.1, 0.15) is 5.82 Å². The molecule has 3 atom stereocenters. The Hall–Kier alpha value is -0.600. The van der Waals surface area contributed by atoms with E-state index in [1.165, 1.54) is 18.9 Å². The number of halogens is 2. The van der Waals surface area contributed by atoms with Gasteiger partial charge in [0.15, 0.2) is 0 Å². The highest BCUT2D eigenvalue weighted by Crippen LogP contribution is 2.33. The van der Waals surface area contributed by atoms with Crippen LogP contribution in [-0.4, -0.2) is 13.1 Å². The third kappa shape index (κ3) is 3.04. The molecule has 1 aliphatic carbocycles. The summed E-state index contributed by atoms with van der Waals surface area (Å²) in [6, 6.07) is 5.43. The van der Waals surface area contributed by atoms with Crippen LogP contribution in [0.3, 0.4) is 0 Å². The number of hydrogen-bond donors (Lipinski definition) is 1. The summed E-state index contributed by atoms with van der Waals surface area (Å²) < 4.78 is 13.8. The van der Waals surface area contributed by atoms with Crippen molar-refractivity contribution in [3.05, 3.63) is 34.6 Å². The fraction of sp³-hybridized carbons (Fsp3) is 0.600. The van der Waals surface area contributed by atoms with Gasteiger partial charge in [0.25, 0.3) is 0 Å². The first-order chi connectivity index (χ1) is 8.61. The smallest absolute Gasteiger partial charge is 0.127 e. The molecule has 3 unspecified atom stereocenters. The number of benzene rings is 1. The minimum atomic E-state index is -0.171. The van der Waals surface area contributed by atoms with E-state index >= 15 is 0 Å². The normalized spacial score (nSPS) is 28.3. The number of nitrogens with one attached hydrogen (secondary N) is 1. The van der Waals surface area contributed by atoms with Crippen LogP contribution >= 0.6 is 11.6 Å². The molecule has 1 nitrogen and oxygen atoms in total. The highest BCUT2D eigenvalue weighted by Gasteiger charge is 2.28. The lowest BCUT2D eigenvalue weighted by molar-refractivity contribution is 0.219. The Bertz CT molecular complexity index is 387. The molecule has 1 saturated carbocycles. The lowest BCUT2D eigenvalue weighted by Crippen LogP contribution is -2.39. The minimum absolute atomic E-state index is 0.171. The van der Waals surface area contributed by atoms with Crippen LogP contribution < -0.4 is 5.32 Å². The van der Waals surface area contributed by atoms with Gasteiger partial charge in [-0.25, -0.2) is 4.39 Å². The lowest BCUT2D eigenvalue weighted by Gasteiger charge is -2.35. The Labute approximate surface area is 114 Å². The maximum absolute atomic E-state index is 13.8. The lowest BCUT2D eigenvalue weighted by atomic mass is 9.76. The predicted octanol–water partition coefficient (Wildman–Crippen LogP) is 4.05. The molecular weight excluding hydrogens is 249 g/mol. The standard InChI is InChI=1S/C15H21ClFN/c1-10-6-7-15(18-2)11(8-10)9-12-13(16)4-3-5-14(12)17/h3-5,10-11,15,18H,6-9H2,1-2H3. The Morgan fingerprint density at radius 3 is 2.83 bits per heavy atom. The minimum Gasteiger partial charge on any atom is -0.317 e. The molecule has 1 aromatic carbocycles. The Kier molecular flexibility index (Phi) is 4.63. The molecule has 1 aliphatic rings. The second kappa shape index (κ2) is 6.03. The van der Waals surface area contributed by atoms with Gasteiger partial charge in [0.05, 0.1) is 0 Å².